The van der Waals surface area contributed by atoms with Gasteiger partial charge in [0.15, 0.2) is 6.61 Å². The zero-order valence-corrected chi connectivity index (χ0v) is 17.5. The molecule has 6 nitrogen and oxygen atoms in total. The molecule has 0 aliphatic rings. The smallest absolute Gasteiger partial charge is 0.262 e. The summed E-state index contributed by atoms with van der Waals surface area (Å²) in [5.74, 6) is 0.570. The third-order valence-corrected chi connectivity index (χ3v) is 5.94. The van der Waals surface area contributed by atoms with Gasteiger partial charge in [-0.15, -0.1) is 0 Å². The van der Waals surface area contributed by atoms with E-state index >= 15 is 0 Å². The predicted molar refractivity (Wildman–Crippen MR) is 111 cm³/mol. The molecule has 2 rings (SSSR count). The van der Waals surface area contributed by atoms with Crippen LogP contribution in [0.1, 0.15) is 45.6 Å². The first-order chi connectivity index (χ1) is 13.2. The number of anilines is 1. The molecule has 0 unspecified atom stereocenters. The van der Waals surface area contributed by atoms with E-state index < -0.39 is 10.0 Å². The van der Waals surface area contributed by atoms with Gasteiger partial charge in [-0.05, 0) is 61.2 Å². The third-order valence-electron chi connectivity index (χ3n) is 4.33. The van der Waals surface area contributed by atoms with Crippen molar-refractivity contribution in [2.45, 2.75) is 51.0 Å². The van der Waals surface area contributed by atoms with Crippen LogP contribution in [0.4, 0.5) is 5.69 Å². The first kappa shape index (κ1) is 21.9. The Bertz CT molecular complexity index is 876. The maximum atomic E-state index is 12.2. The third kappa shape index (κ3) is 6.35. The topological polar surface area (TPSA) is 84.5 Å². The van der Waals surface area contributed by atoms with Crippen molar-refractivity contribution < 1.29 is 17.9 Å². The maximum absolute atomic E-state index is 12.2. The number of benzene rings is 2. The molecule has 152 valence electrons. The summed E-state index contributed by atoms with van der Waals surface area (Å²) in [6.07, 6.45) is 0.704. The molecule has 0 saturated heterocycles. The lowest BCUT2D eigenvalue weighted by Crippen LogP contribution is -2.31. The number of hydrogen-bond acceptors (Lipinski definition) is 4. The minimum atomic E-state index is -3.55. The zero-order chi connectivity index (χ0) is 20.7. The average molecular weight is 405 g/mol. The highest BCUT2D eigenvalue weighted by molar-refractivity contribution is 7.89. The second-order valence-corrected chi connectivity index (χ2v) is 8.73. The fourth-order valence-corrected chi connectivity index (χ4v) is 3.76. The van der Waals surface area contributed by atoms with E-state index in [0.717, 1.165) is 0 Å². The van der Waals surface area contributed by atoms with Gasteiger partial charge < -0.3 is 10.1 Å². The van der Waals surface area contributed by atoms with Crippen molar-refractivity contribution in [2.75, 3.05) is 11.9 Å². The van der Waals surface area contributed by atoms with E-state index in [1.165, 1.54) is 29.8 Å². The minimum absolute atomic E-state index is 0.140. The Balaban J connectivity index is 1.89. The first-order valence-electron chi connectivity index (χ1n) is 9.36. The summed E-state index contributed by atoms with van der Waals surface area (Å²) in [4.78, 5) is 12.2. The molecular weight excluding hydrogens is 376 g/mol. The van der Waals surface area contributed by atoms with Gasteiger partial charge in [-0.2, -0.15) is 0 Å². The molecule has 0 heterocycles. The highest BCUT2D eigenvalue weighted by Crippen LogP contribution is 2.18. The molecule has 2 N–H and O–H groups in total. The van der Waals surface area contributed by atoms with Gasteiger partial charge in [0.05, 0.1) is 4.90 Å². The minimum Gasteiger partial charge on any atom is -0.484 e. The summed E-state index contributed by atoms with van der Waals surface area (Å²) in [6.45, 7) is 7.78. The van der Waals surface area contributed by atoms with Crippen LogP contribution >= 0.6 is 0 Å². The molecule has 0 aliphatic carbocycles. The second-order valence-electron chi connectivity index (χ2n) is 7.02. The Labute approximate surface area is 167 Å². The molecule has 2 aromatic carbocycles. The van der Waals surface area contributed by atoms with Crippen molar-refractivity contribution >= 4 is 21.6 Å². The van der Waals surface area contributed by atoms with Crippen LogP contribution in [0.5, 0.6) is 5.75 Å². The largest absolute Gasteiger partial charge is 0.484 e. The fourth-order valence-electron chi connectivity index (χ4n) is 2.43. The van der Waals surface area contributed by atoms with Crippen LogP contribution in [0.2, 0.25) is 0 Å². The van der Waals surface area contributed by atoms with Crippen molar-refractivity contribution in [3.8, 4) is 5.75 Å². The van der Waals surface area contributed by atoms with Gasteiger partial charge >= 0.3 is 0 Å². The van der Waals surface area contributed by atoms with Crippen LogP contribution in [-0.2, 0) is 14.8 Å². The van der Waals surface area contributed by atoms with Crippen molar-refractivity contribution in [3.05, 3.63) is 54.1 Å². The van der Waals surface area contributed by atoms with Gasteiger partial charge in [-0.1, -0.05) is 32.9 Å². The lowest BCUT2D eigenvalue weighted by Gasteiger charge is -2.13. The van der Waals surface area contributed by atoms with Gasteiger partial charge in [0.2, 0.25) is 10.0 Å². The highest BCUT2D eigenvalue weighted by Gasteiger charge is 2.16. The lowest BCUT2D eigenvalue weighted by atomic mass is 10.0. The second kappa shape index (κ2) is 9.71. The van der Waals surface area contributed by atoms with Gasteiger partial charge in [0.25, 0.3) is 5.91 Å². The SMILES string of the molecule is CC[C@H](C)NS(=O)(=O)c1ccc(OCC(=O)Nc2ccc(C(C)C)cc2)cc1. The Kier molecular flexibility index (Phi) is 7.60. The van der Waals surface area contributed by atoms with Crippen LogP contribution in [-0.4, -0.2) is 27.0 Å². The molecule has 1 amide bonds. The van der Waals surface area contributed by atoms with E-state index in [1.807, 2.05) is 38.1 Å². The molecule has 28 heavy (non-hydrogen) atoms. The summed E-state index contributed by atoms with van der Waals surface area (Å²) in [6, 6.07) is 13.5. The van der Waals surface area contributed by atoms with Crippen molar-refractivity contribution in [3.63, 3.8) is 0 Å². The van der Waals surface area contributed by atoms with E-state index in [1.54, 1.807) is 0 Å². The summed E-state index contributed by atoms with van der Waals surface area (Å²) in [5, 5.41) is 2.77. The summed E-state index contributed by atoms with van der Waals surface area (Å²) in [7, 11) is -3.55. The number of carbonyl (C=O) groups excluding carboxylic acids is 1. The van der Waals surface area contributed by atoms with E-state index in [2.05, 4.69) is 23.9 Å². The van der Waals surface area contributed by atoms with E-state index in [4.69, 9.17) is 4.74 Å². The number of hydrogen-bond donors (Lipinski definition) is 2. The number of rotatable bonds is 9. The Hall–Kier alpha value is -2.38. The highest BCUT2D eigenvalue weighted by atomic mass is 32.2. The molecule has 0 aromatic heterocycles. The van der Waals surface area contributed by atoms with Gasteiger partial charge in [-0.3, -0.25) is 4.79 Å². The lowest BCUT2D eigenvalue weighted by molar-refractivity contribution is -0.118. The van der Waals surface area contributed by atoms with Crippen LogP contribution < -0.4 is 14.8 Å². The van der Waals surface area contributed by atoms with Gasteiger partial charge in [0.1, 0.15) is 5.75 Å². The number of ether oxygens (including phenoxy) is 1. The van der Waals surface area contributed by atoms with E-state index in [-0.39, 0.29) is 23.5 Å². The normalized spacial score (nSPS) is 12.6. The Morgan fingerprint density at radius 2 is 1.61 bits per heavy atom. The zero-order valence-electron chi connectivity index (χ0n) is 16.7. The Morgan fingerprint density at radius 1 is 1.00 bits per heavy atom. The van der Waals surface area contributed by atoms with E-state index in [0.29, 0.717) is 23.8 Å². The molecule has 7 heteroatoms. The van der Waals surface area contributed by atoms with Crippen molar-refractivity contribution in [2.24, 2.45) is 0 Å². The van der Waals surface area contributed by atoms with Gasteiger partial charge in [0, 0.05) is 11.7 Å². The summed E-state index contributed by atoms with van der Waals surface area (Å²) < 4.78 is 32.5. The van der Waals surface area contributed by atoms with Crippen LogP contribution in [0.3, 0.4) is 0 Å². The number of sulfonamides is 1. The standard InChI is InChI=1S/C21H28N2O4S/c1-5-16(4)23-28(25,26)20-12-10-19(11-13-20)27-14-21(24)22-18-8-6-17(7-9-18)15(2)3/h6-13,15-16,23H,5,14H2,1-4H3,(H,22,24)/t16-/m0/s1. The molecule has 1 atom stereocenters. The molecule has 0 aliphatic heterocycles. The predicted octanol–water partition coefficient (Wildman–Crippen LogP) is 3.90. The fraction of sp³-hybridized carbons (Fsp3) is 0.381. The van der Waals surface area contributed by atoms with Crippen LogP contribution in [0.15, 0.2) is 53.4 Å². The molecular formula is C21H28N2O4S. The first-order valence-corrected chi connectivity index (χ1v) is 10.8. The molecule has 0 fully saturated rings. The van der Waals surface area contributed by atoms with Crippen molar-refractivity contribution in [1.82, 2.24) is 4.72 Å². The summed E-state index contributed by atoms with van der Waals surface area (Å²) in [5.41, 5.74) is 1.91. The molecule has 0 radical (unpaired) electrons. The molecule has 0 bridgehead atoms. The number of amides is 1. The van der Waals surface area contributed by atoms with Gasteiger partial charge in [-0.25, -0.2) is 13.1 Å². The summed E-state index contributed by atoms with van der Waals surface area (Å²) >= 11 is 0. The monoisotopic (exact) mass is 404 g/mol. The average Bonchev–Trinajstić information content (AvgIpc) is 2.66. The quantitative estimate of drug-likeness (QED) is 0.664. The Morgan fingerprint density at radius 3 is 2.14 bits per heavy atom. The van der Waals surface area contributed by atoms with Crippen LogP contribution in [0, 0.1) is 0 Å². The van der Waals surface area contributed by atoms with Crippen LogP contribution in [0.25, 0.3) is 0 Å². The number of nitrogens with one attached hydrogen (secondary N) is 2. The van der Waals surface area contributed by atoms with Crippen molar-refractivity contribution in [1.29, 1.82) is 0 Å². The molecule has 0 spiro atoms. The molecule has 0 saturated carbocycles. The molecule has 2 aromatic rings. The maximum Gasteiger partial charge on any atom is 0.262 e. The van der Waals surface area contributed by atoms with E-state index in [9.17, 15) is 13.2 Å². The number of carbonyl (C=O) groups is 1.